The van der Waals surface area contributed by atoms with Crippen molar-refractivity contribution < 1.29 is 18.3 Å². The van der Waals surface area contributed by atoms with E-state index in [0.29, 0.717) is 5.69 Å². The van der Waals surface area contributed by atoms with Gasteiger partial charge in [-0.2, -0.15) is 0 Å². The maximum Gasteiger partial charge on any atom is 0.307 e. The summed E-state index contributed by atoms with van der Waals surface area (Å²) in [5, 5.41) is 8.89. The molecule has 0 saturated heterocycles. The third-order valence-electron chi connectivity index (χ3n) is 3.99. The number of benzene rings is 2. The van der Waals surface area contributed by atoms with Crippen LogP contribution in [0.2, 0.25) is 5.02 Å². The lowest BCUT2D eigenvalue weighted by molar-refractivity contribution is -0.136. The first-order valence-corrected chi connectivity index (χ1v) is 9.36. The molecule has 2 aromatic carbocycles. The highest BCUT2D eigenvalue weighted by Crippen LogP contribution is 2.31. The zero-order valence-electron chi connectivity index (χ0n) is 12.8. The lowest BCUT2D eigenvalue weighted by Gasteiger charge is -2.15. The van der Waals surface area contributed by atoms with Gasteiger partial charge in [0, 0.05) is 0 Å². The molecule has 1 aliphatic carbocycles. The first kappa shape index (κ1) is 16.8. The standard InChI is InChI=1S/C11H12O2.C6H4ClNO2S/c12-11(13)7-8-4-5-9-2-1-3-10(9)6-8;7-5-3-4-1-2-6(5)11(9,10)8-4/h4-6H,1-3,7H2,(H,12,13);1-3,8H. The molecule has 2 bridgehead atoms. The van der Waals surface area contributed by atoms with Gasteiger partial charge in [-0.3, -0.25) is 9.52 Å². The molecule has 24 heavy (non-hydrogen) atoms. The lowest BCUT2D eigenvalue weighted by atomic mass is 10.0. The molecular weight excluding hydrogens is 350 g/mol. The minimum atomic E-state index is -3.33. The van der Waals surface area contributed by atoms with E-state index in [0.717, 1.165) is 18.4 Å². The molecule has 0 unspecified atom stereocenters. The van der Waals surface area contributed by atoms with Crippen molar-refractivity contribution in [2.24, 2.45) is 0 Å². The third kappa shape index (κ3) is 3.55. The Labute approximate surface area is 145 Å². The third-order valence-corrected chi connectivity index (χ3v) is 5.86. The molecule has 0 fully saturated rings. The summed E-state index contributed by atoms with van der Waals surface area (Å²) < 4.78 is 24.5. The van der Waals surface area contributed by atoms with Gasteiger partial charge in [0.1, 0.15) is 4.90 Å². The van der Waals surface area contributed by atoms with Crippen LogP contribution in [0.5, 0.6) is 0 Å². The van der Waals surface area contributed by atoms with Crippen molar-refractivity contribution in [1.82, 2.24) is 0 Å². The Kier molecular flexibility index (Phi) is 4.51. The number of nitrogens with one attached hydrogen (secondary N) is 1. The van der Waals surface area contributed by atoms with Crippen molar-refractivity contribution in [3.63, 3.8) is 0 Å². The molecule has 2 aromatic rings. The van der Waals surface area contributed by atoms with Crippen LogP contribution in [0.25, 0.3) is 0 Å². The second kappa shape index (κ2) is 6.45. The predicted octanol–water partition coefficient (Wildman–Crippen LogP) is 3.26. The molecule has 0 saturated carbocycles. The van der Waals surface area contributed by atoms with Gasteiger partial charge >= 0.3 is 5.97 Å². The minimum Gasteiger partial charge on any atom is -0.481 e. The van der Waals surface area contributed by atoms with E-state index in [1.165, 1.54) is 23.6 Å². The molecule has 0 amide bonds. The largest absolute Gasteiger partial charge is 0.481 e. The SMILES string of the molecule is O=C(O)Cc1ccc2c(c1)CCC2.O=S1(=O)Nc2ccc1c(Cl)c2. The van der Waals surface area contributed by atoms with Crippen LogP contribution in [0.3, 0.4) is 0 Å². The number of anilines is 1. The van der Waals surface area contributed by atoms with Crippen molar-refractivity contribution in [3.8, 4) is 0 Å². The Morgan fingerprint density at radius 1 is 1.12 bits per heavy atom. The van der Waals surface area contributed by atoms with Crippen molar-refractivity contribution in [3.05, 3.63) is 58.1 Å². The van der Waals surface area contributed by atoms with Crippen LogP contribution in [-0.4, -0.2) is 19.5 Å². The smallest absolute Gasteiger partial charge is 0.307 e. The van der Waals surface area contributed by atoms with Gasteiger partial charge in [0.25, 0.3) is 10.0 Å². The summed E-state index contributed by atoms with van der Waals surface area (Å²) in [7, 11) is -3.33. The second-order valence-electron chi connectivity index (χ2n) is 5.78. The summed E-state index contributed by atoms with van der Waals surface area (Å²) >= 11 is 5.63. The molecule has 5 nitrogen and oxygen atoms in total. The quantitative estimate of drug-likeness (QED) is 0.855. The molecule has 3 aliphatic rings. The van der Waals surface area contributed by atoms with Gasteiger partial charge in [-0.05, 0) is 54.2 Å². The Hall–Kier alpha value is -2.05. The molecule has 2 aliphatic heterocycles. The number of aliphatic carboxylic acids is 1. The number of halogens is 1. The van der Waals surface area contributed by atoms with E-state index in [1.807, 2.05) is 12.1 Å². The van der Waals surface area contributed by atoms with Crippen molar-refractivity contribution >= 4 is 33.3 Å². The molecule has 7 heteroatoms. The lowest BCUT2D eigenvalue weighted by Crippen LogP contribution is -2.17. The fraction of sp³-hybridized carbons (Fsp3) is 0.235. The number of hydrogen-bond donors (Lipinski definition) is 2. The van der Waals surface area contributed by atoms with E-state index in [2.05, 4.69) is 10.8 Å². The van der Waals surface area contributed by atoms with Gasteiger partial charge in [-0.25, -0.2) is 8.42 Å². The molecule has 0 spiro atoms. The number of carboxylic acid groups (broad SMARTS) is 1. The summed E-state index contributed by atoms with van der Waals surface area (Å²) in [6, 6.07) is 10.8. The highest BCUT2D eigenvalue weighted by molar-refractivity contribution is 7.93. The van der Waals surface area contributed by atoms with Crippen LogP contribution in [0.15, 0.2) is 41.3 Å². The van der Waals surface area contributed by atoms with Crippen LogP contribution in [0, 0.1) is 0 Å². The van der Waals surface area contributed by atoms with E-state index < -0.39 is 16.0 Å². The highest BCUT2D eigenvalue weighted by Gasteiger charge is 2.23. The first-order chi connectivity index (χ1) is 11.3. The molecule has 5 rings (SSSR count). The maximum atomic E-state index is 11.1. The zero-order chi connectivity index (χ0) is 17.3. The zero-order valence-corrected chi connectivity index (χ0v) is 14.3. The summed E-state index contributed by atoms with van der Waals surface area (Å²) in [6.45, 7) is 0. The number of rotatable bonds is 2. The number of carboxylic acids is 1. The topological polar surface area (TPSA) is 83.5 Å². The van der Waals surface area contributed by atoms with E-state index in [1.54, 1.807) is 12.1 Å². The number of sulfonamides is 1. The number of aryl methyl sites for hydroxylation is 2. The molecule has 0 radical (unpaired) electrons. The molecular formula is C17H16ClNO4S. The van der Waals surface area contributed by atoms with Gasteiger partial charge in [0.15, 0.2) is 0 Å². The molecule has 0 atom stereocenters. The van der Waals surface area contributed by atoms with Gasteiger partial charge in [0.2, 0.25) is 0 Å². The van der Waals surface area contributed by atoms with Gasteiger partial charge in [-0.1, -0.05) is 29.8 Å². The summed E-state index contributed by atoms with van der Waals surface area (Å²) in [4.78, 5) is 10.6. The Morgan fingerprint density at radius 3 is 2.46 bits per heavy atom. The number of carbonyl (C=O) groups is 1. The predicted molar refractivity (Wildman–Crippen MR) is 92.1 cm³/mol. The average molecular weight is 366 g/mol. The molecule has 126 valence electrons. The Balaban J connectivity index is 0.000000143. The number of hydrogen-bond acceptors (Lipinski definition) is 3. The van der Waals surface area contributed by atoms with Gasteiger partial charge in [0.05, 0.1) is 17.1 Å². The Bertz CT molecular complexity index is 909. The van der Waals surface area contributed by atoms with Crippen molar-refractivity contribution in [2.45, 2.75) is 30.6 Å². The van der Waals surface area contributed by atoms with Crippen molar-refractivity contribution in [2.75, 3.05) is 4.72 Å². The summed E-state index contributed by atoms with van der Waals surface area (Å²) in [5.74, 6) is -0.752. The van der Waals surface area contributed by atoms with Gasteiger partial charge in [-0.15, -0.1) is 0 Å². The summed E-state index contributed by atoms with van der Waals surface area (Å²) in [6.07, 6.45) is 3.63. The fourth-order valence-electron chi connectivity index (χ4n) is 2.90. The van der Waals surface area contributed by atoms with E-state index >= 15 is 0 Å². The van der Waals surface area contributed by atoms with E-state index in [9.17, 15) is 13.2 Å². The minimum absolute atomic E-state index is 0.146. The average Bonchev–Trinajstić information content (AvgIpc) is 2.93. The fourth-order valence-corrected chi connectivity index (χ4v) is 4.50. The van der Waals surface area contributed by atoms with Crippen LogP contribution in [0.1, 0.15) is 23.1 Å². The van der Waals surface area contributed by atoms with E-state index in [4.69, 9.17) is 16.7 Å². The van der Waals surface area contributed by atoms with Crippen LogP contribution in [-0.2, 0) is 34.1 Å². The summed E-state index contributed by atoms with van der Waals surface area (Å²) in [5.41, 5.74) is 4.19. The molecule has 0 aromatic heterocycles. The Morgan fingerprint density at radius 2 is 1.88 bits per heavy atom. The normalized spacial score (nSPS) is 15.9. The van der Waals surface area contributed by atoms with E-state index in [-0.39, 0.29) is 16.3 Å². The van der Waals surface area contributed by atoms with Gasteiger partial charge < -0.3 is 5.11 Å². The number of fused-ring (bicyclic) bond motifs is 4. The van der Waals surface area contributed by atoms with Crippen LogP contribution >= 0.6 is 11.6 Å². The maximum absolute atomic E-state index is 11.1. The van der Waals surface area contributed by atoms with Crippen LogP contribution < -0.4 is 4.72 Å². The second-order valence-corrected chi connectivity index (χ2v) is 7.84. The first-order valence-electron chi connectivity index (χ1n) is 7.50. The molecule has 2 N–H and O–H groups in total. The highest BCUT2D eigenvalue weighted by atomic mass is 35.5. The van der Waals surface area contributed by atoms with Crippen molar-refractivity contribution in [1.29, 1.82) is 0 Å². The molecule has 2 heterocycles. The van der Waals surface area contributed by atoms with Crippen LogP contribution in [0.4, 0.5) is 5.69 Å². The monoisotopic (exact) mass is 365 g/mol.